The van der Waals surface area contributed by atoms with Crippen molar-refractivity contribution in [2.75, 3.05) is 0 Å². The molecule has 0 unspecified atom stereocenters. The molecule has 0 N–H and O–H groups in total. The van der Waals surface area contributed by atoms with Crippen LogP contribution in [0, 0.1) is 11.8 Å². The molecule has 0 saturated carbocycles. The standard InChI is InChI=1S/C13H18O.2C5H12.C4H10/c1-6-7-8-11(4)9-13(10(2)3)12(5)14;1-4-5(2)3;1-3-5-4-2;1-3-4-2/h6-10H,1,4H2,2-3,5H3;5H,4H2,1-3H3;3-5H2,1-2H3;3-4H2,1-2H3/b8-7-,13-9-;;;. The molecule has 0 aromatic carbocycles. The number of ketones is 1. The zero-order valence-corrected chi connectivity index (χ0v) is 21.0. The normalized spacial score (nSPS) is 10.4. The number of allylic oxidation sites excluding steroid dienone is 6. The molecule has 28 heavy (non-hydrogen) atoms. The average Bonchev–Trinajstić information content (AvgIpc) is 2.65. The summed E-state index contributed by atoms with van der Waals surface area (Å²) >= 11 is 0. The molecule has 0 bridgehead atoms. The average molecular weight is 393 g/mol. The largest absolute Gasteiger partial charge is 0.295 e. The minimum Gasteiger partial charge on any atom is -0.295 e. The van der Waals surface area contributed by atoms with E-state index in [9.17, 15) is 4.79 Å². The summed E-state index contributed by atoms with van der Waals surface area (Å²) in [7, 11) is 0. The molecule has 0 radical (unpaired) electrons. The molecule has 0 heterocycles. The van der Waals surface area contributed by atoms with Gasteiger partial charge in [0.1, 0.15) is 0 Å². The Kier molecular flexibility index (Phi) is 34.0. The summed E-state index contributed by atoms with van der Waals surface area (Å²) in [5.41, 5.74) is 1.63. The molecule has 0 aliphatic rings. The van der Waals surface area contributed by atoms with Gasteiger partial charge in [0.25, 0.3) is 0 Å². The summed E-state index contributed by atoms with van der Waals surface area (Å²) in [6, 6.07) is 0. The van der Waals surface area contributed by atoms with Crippen molar-refractivity contribution < 1.29 is 4.79 Å². The van der Waals surface area contributed by atoms with Crippen molar-refractivity contribution >= 4 is 5.78 Å². The van der Waals surface area contributed by atoms with Crippen molar-refractivity contribution in [2.45, 2.75) is 108 Å². The molecule has 1 heteroatoms. The van der Waals surface area contributed by atoms with Crippen LogP contribution in [0.15, 0.2) is 48.6 Å². The quantitative estimate of drug-likeness (QED) is 0.282. The minimum atomic E-state index is 0.105. The van der Waals surface area contributed by atoms with Crippen LogP contribution in [0.2, 0.25) is 0 Å². The van der Waals surface area contributed by atoms with E-state index in [4.69, 9.17) is 0 Å². The van der Waals surface area contributed by atoms with Gasteiger partial charge in [0.05, 0.1) is 0 Å². The van der Waals surface area contributed by atoms with Crippen molar-refractivity contribution in [1.82, 2.24) is 0 Å². The number of carbonyl (C=O) groups excluding carboxylic acids is 1. The van der Waals surface area contributed by atoms with E-state index in [0.29, 0.717) is 0 Å². The molecule has 0 atom stereocenters. The molecular formula is C27H52O. The zero-order valence-electron chi connectivity index (χ0n) is 21.0. The second kappa shape index (κ2) is 27.8. The molecular weight excluding hydrogens is 340 g/mol. The Hall–Kier alpha value is -1.37. The molecule has 0 aromatic heterocycles. The Labute approximate surface area is 179 Å². The predicted molar refractivity (Wildman–Crippen MR) is 133 cm³/mol. The Morgan fingerprint density at radius 1 is 0.893 bits per heavy atom. The van der Waals surface area contributed by atoms with E-state index in [1.165, 1.54) is 38.5 Å². The molecule has 1 nitrogen and oxygen atoms in total. The first kappa shape index (κ1) is 34.2. The van der Waals surface area contributed by atoms with Gasteiger partial charge in [-0.3, -0.25) is 4.79 Å². The fourth-order valence-corrected chi connectivity index (χ4v) is 1.47. The lowest BCUT2D eigenvalue weighted by Gasteiger charge is -2.07. The van der Waals surface area contributed by atoms with Crippen molar-refractivity contribution in [3.63, 3.8) is 0 Å². The van der Waals surface area contributed by atoms with E-state index < -0.39 is 0 Å². The van der Waals surface area contributed by atoms with Gasteiger partial charge in [0.15, 0.2) is 5.78 Å². The molecule has 166 valence electrons. The summed E-state index contributed by atoms with van der Waals surface area (Å²) in [4.78, 5) is 11.2. The fourth-order valence-electron chi connectivity index (χ4n) is 1.47. The highest BCUT2D eigenvalue weighted by Crippen LogP contribution is 2.13. The van der Waals surface area contributed by atoms with E-state index in [0.717, 1.165) is 17.1 Å². The topological polar surface area (TPSA) is 17.1 Å². The van der Waals surface area contributed by atoms with Crippen LogP contribution in [0.3, 0.4) is 0 Å². The van der Waals surface area contributed by atoms with E-state index >= 15 is 0 Å². The third-order valence-corrected chi connectivity index (χ3v) is 3.84. The first-order valence-electron chi connectivity index (χ1n) is 11.3. The third kappa shape index (κ3) is 35.7. The van der Waals surface area contributed by atoms with Gasteiger partial charge in [0.2, 0.25) is 0 Å². The van der Waals surface area contributed by atoms with Gasteiger partial charge in [-0.15, -0.1) is 0 Å². The van der Waals surface area contributed by atoms with Gasteiger partial charge in [-0.25, -0.2) is 0 Å². The first-order valence-corrected chi connectivity index (χ1v) is 11.3. The second-order valence-corrected chi connectivity index (χ2v) is 7.64. The number of unbranched alkanes of at least 4 members (excludes halogenated alkanes) is 3. The number of Topliss-reactive ketones (excluding diaryl/α,β-unsaturated/α-hetero) is 1. The molecule has 0 fully saturated rings. The Bertz CT molecular complexity index is 404. The molecule has 0 rings (SSSR count). The maximum atomic E-state index is 11.2. The number of rotatable bonds is 9. The molecule has 0 spiro atoms. The summed E-state index contributed by atoms with van der Waals surface area (Å²) in [5, 5.41) is 0. The van der Waals surface area contributed by atoms with Gasteiger partial charge >= 0.3 is 0 Å². The molecule has 0 amide bonds. The highest BCUT2D eigenvalue weighted by molar-refractivity contribution is 5.94. The minimum absolute atomic E-state index is 0.105. The number of hydrogen-bond donors (Lipinski definition) is 0. The first-order chi connectivity index (χ1) is 13.1. The van der Waals surface area contributed by atoms with Gasteiger partial charge in [-0.1, -0.05) is 132 Å². The SMILES string of the molecule is C=C/C=C\C(=C)/C=C(\C(C)=O)C(C)C.CCC(C)C.CCCC.CCCCC. The van der Waals surface area contributed by atoms with Gasteiger partial charge < -0.3 is 0 Å². The van der Waals surface area contributed by atoms with Crippen LogP contribution in [-0.4, -0.2) is 5.78 Å². The maximum Gasteiger partial charge on any atom is 0.156 e. The molecule has 0 aliphatic heterocycles. The summed E-state index contributed by atoms with van der Waals surface area (Å²) in [5.74, 6) is 1.23. The van der Waals surface area contributed by atoms with Crippen molar-refractivity contribution in [1.29, 1.82) is 0 Å². The van der Waals surface area contributed by atoms with Crippen LogP contribution in [-0.2, 0) is 4.79 Å². The maximum absolute atomic E-state index is 11.2. The monoisotopic (exact) mass is 392 g/mol. The lowest BCUT2D eigenvalue weighted by atomic mass is 9.97. The van der Waals surface area contributed by atoms with E-state index in [-0.39, 0.29) is 11.7 Å². The van der Waals surface area contributed by atoms with E-state index in [2.05, 4.69) is 61.6 Å². The second-order valence-electron chi connectivity index (χ2n) is 7.64. The molecule has 0 aliphatic carbocycles. The van der Waals surface area contributed by atoms with E-state index in [1.54, 1.807) is 19.1 Å². The van der Waals surface area contributed by atoms with Crippen LogP contribution in [0.4, 0.5) is 0 Å². The van der Waals surface area contributed by atoms with Crippen LogP contribution in [0.5, 0.6) is 0 Å². The highest BCUT2D eigenvalue weighted by Gasteiger charge is 2.07. The summed E-state index contributed by atoms with van der Waals surface area (Å²) < 4.78 is 0. The Morgan fingerprint density at radius 2 is 1.32 bits per heavy atom. The number of carbonyl (C=O) groups is 1. The van der Waals surface area contributed by atoms with E-state index in [1.807, 2.05) is 26.0 Å². The third-order valence-electron chi connectivity index (χ3n) is 3.84. The van der Waals surface area contributed by atoms with Crippen molar-refractivity contribution in [3.8, 4) is 0 Å². The van der Waals surface area contributed by atoms with Crippen LogP contribution < -0.4 is 0 Å². The summed E-state index contributed by atoms with van der Waals surface area (Å²) in [6.07, 6.45) is 15.2. The highest BCUT2D eigenvalue weighted by atomic mass is 16.1. The fraction of sp³-hybridized carbons (Fsp3) is 0.667. The van der Waals surface area contributed by atoms with Crippen LogP contribution in [0.1, 0.15) is 108 Å². The van der Waals surface area contributed by atoms with Gasteiger partial charge in [-0.05, 0) is 36.0 Å². The van der Waals surface area contributed by atoms with Crippen molar-refractivity contribution in [3.05, 3.63) is 48.6 Å². The van der Waals surface area contributed by atoms with Crippen LogP contribution in [0.25, 0.3) is 0 Å². The predicted octanol–water partition coefficient (Wildman–Crippen LogP) is 9.51. The Balaban J connectivity index is -0.000000168. The Morgan fingerprint density at radius 3 is 1.50 bits per heavy atom. The zero-order chi connectivity index (χ0) is 23.0. The smallest absolute Gasteiger partial charge is 0.156 e. The van der Waals surface area contributed by atoms with Gasteiger partial charge in [-0.2, -0.15) is 0 Å². The molecule has 0 aromatic rings. The lowest BCUT2D eigenvalue weighted by molar-refractivity contribution is -0.114. The van der Waals surface area contributed by atoms with Crippen molar-refractivity contribution in [2.24, 2.45) is 11.8 Å². The number of hydrogen-bond acceptors (Lipinski definition) is 1. The summed E-state index contributed by atoms with van der Waals surface area (Å²) in [6.45, 7) is 28.4. The lowest BCUT2D eigenvalue weighted by Crippen LogP contribution is -2.04. The van der Waals surface area contributed by atoms with Crippen LogP contribution >= 0.6 is 0 Å². The molecule has 0 saturated heterocycles. The van der Waals surface area contributed by atoms with Gasteiger partial charge in [0, 0.05) is 0 Å².